The minimum absolute atomic E-state index is 0.0225. The van der Waals surface area contributed by atoms with E-state index in [0.29, 0.717) is 28.5 Å². The van der Waals surface area contributed by atoms with Crippen molar-refractivity contribution in [1.82, 2.24) is 0 Å². The molecule has 3 aromatic rings. The normalized spacial score (nSPS) is 14.2. The Kier molecular flexibility index (Phi) is 6.63. The molecule has 1 aliphatic heterocycles. The summed E-state index contributed by atoms with van der Waals surface area (Å²) in [6.45, 7) is 0.555. The number of nitrogens with two attached hydrogens (primary N) is 1. The molecule has 1 aliphatic rings. The average Bonchev–Trinajstić information content (AvgIpc) is 2.86. The lowest BCUT2D eigenvalue weighted by molar-refractivity contribution is -0.148. The summed E-state index contributed by atoms with van der Waals surface area (Å²) < 4.78 is 17.5. The highest BCUT2D eigenvalue weighted by atomic mass is 16.6. The first-order chi connectivity index (χ1) is 16.4. The van der Waals surface area contributed by atoms with Crippen molar-refractivity contribution >= 4 is 23.4 Å². The first-order valence-corrected chi connectivity index (χ1v) is 10.5. The number of hydrogen-bond donors (Lipinski definition) is 3. The molecule has 0 saturated heterocycles. The highest BCUT2D eigenvalue weighted by Crippen LogP contribution is 2.36. The van der Waals surface area contributed by atoms with Gasteiger partial charge in [0.1, 0.15) is 24.8 Å². The maximum atomic E-state index is 12.4. The van der Waals surface area contributed by atoms with Gasteiger partial charge in [0.15, 0.2) is 17.6 Å². The van der Waals surface area contributed by atoms with E-state index in [2.05, 4.69) is 0 Å². The molecule has 0 aromatic heterocycles. The number of amidine groups is 1. The number of ether oxygens (including phenoxy) is 3. The van der Waals surface area contributed by atoms with Crippen LogP contribution in [0.15, 0.2) is 72.8 Å². The van der Waals surface area contributed by atoms with Crippen LogP contribution in [0.25, 0.3) is 0 Å². The number of anilines is 1. The summed E-state index contributed by atoms with van der Waals surface area (Å²) in [6.07, 6.45) is -0.423. The third-order valence-corrected chi connectivity index (χ3v) is 5.17. The van der Waals surface area contributed by atoms with Crippen molar-refractivity contribution in [3.8, 4) is 17.2 Å². The zero-order valence-corrected chi connectivity index (χ0v) is 18.1. The molecule has 0 spiro atoms. The third-order valence-electron chi connectivity index (χ3n) is 5.17. The van der Waals surface area contributed by atoms with Crippen LogP contribution in [0.4, 0.5) is 5.69 Å². The van der Waals surface area contributed by atoms with E-state index >= 15 is 0 Å². The highest BCUT2D eigenvalue weighted by molar-refractivity contribution is 6.37. The number of carbonyl (C=O) groups is 2. The fourth-order valence-electron chi connectivity index (χ4n) is 3.44. The number of amides is 1. The van der Waals surface area contributed by atoms with Crippen molar-refractivity contribution in [3.63, 3.8) is 0 Å². The SMILES string of the molecule is N=C(N)c1ccc(OC[C@H]2COc3ccc(N(Cc4ccccc4)C(=O)C(=O)O)cc3O2)cc1. The summed E-state index contributed by atoms with van der Waals surface area (Å²) in [6, 6.07) is 20.8. The van der Waals surface area contributed by atoms with Gasteiger partial charge >= 0.3 is 11.9 Å². The molecule has 0 saturated carbocycles. The average molecular weight is 461 g/mol. The summed E-state index contributed by atoms with van der Waals surface area (Å²) in [4.78, 5) is 25.0. The second-order valence-electron chi connectivity index (χ2n) is 7.61. The van der Waals surface area contributed by atoms with Crippen LogP contribution >= 0.6 is 0 Å². The molecule has 1 atom stereocenters. The zero-order valence-electron chi connectivity index (χ0n) is 18.1. The van der Waals surface area contributed by atoms with E-state index in [9.17, 15) is 14.7 Å². The molecule has 0 unspecified atom stereocenters. The summed E-state index contributed by atoms with van der Waals surface area (Å²) in [5.41, 5.74) is 7.22. The smallest absolute Gasteiger partial charge is 0.394 e. The quantitative estimate of drug-likeness (QED) is 0.280. The topological polar surface area (TPSA) is 135 Å². The van der Waals surface area contributed by atoms with Crippen molar-refractivity contribution in [2.24, 2.45) is 5.73 Å². The van der Waals surface area contributed by atoms with Gasteiger partial charge in [-0.15, -0.1) is 0 Å². The first kappa shape index (κ1) is 22.7. The Morgan fingerprint density at radius 2 is 1.79 bits per heavy atom. The Labute approximate surface area is 195 Å². The lowest BCUT2D eigenvalue weighted by atomic mass is 10.1. The summed E-state index contributed by atoms with van der Waals surface area (Å²) >= 11 is 0. The second-order valence-corrected chi connectivity index (χ2v) is 7.61. The molecule has 174 valence electrons. The van der Waals surface area contributed by atoms with Gasteiger partial charge in [-0.1, -0.05) is 30.3 Å². The van der Waals surface area contributed by atoms with Crippen LogP contribution in [-0.4, -0.2) is 42.1 Å². The Bertz CT molecular complexity index is 1200. The molecule has 34 heavy (non-hydrogen) atoms. The van der Waals surface area contributed by atoms with Gasteiger partial charge < -0.3 is 25.1 Å². The number of fused-ring (bicyclic) bond motifs is 1. The molecule has 0 bridgehead atoms. The number of carbonyl (C=O) groups excluding carboxylic acids is 1. The van der Waals surface area contributed by atoms with Crippen molar-refractivity contribution in [3.05, 3.63) is 83.9 Å². The predicted molar refractivity (Wildman–Crippen MR) is 125 cm³/mol. The number of carboxylic acids is 1. The summed E-state index contributed by atoms with van der Waals surface area (Å²) in [7, 11) is 0. The van der Waals surface area contributed by atoms with Crippen molar-refractivity contribution in [2.75, 3.05) is 18.1 Å². The van der Waals surface area contributed by atoms with Gasteiger partial charge in [-0.25, -0.2) is 4.79 Å². The number of nitrogen functional groups attached to an aromatic ring is 1. The van der Waals surface area contributed by atoms with Crippen LogP contribution in [-0.2, 0) is 16.1 Å². The Balaban J connectivity index is 1.48. The van der Waals surface area contributed by atoms with E-state index < -0.39 is 18.0 Å². The molecule has 0 aliphatic carbocycles. The molecule has 9 nitrogen and oxygen atoms in total. The van der Waals surface area contributed by atoms with E-state index in [-0.39, 0.29) is 25.6 Å². The minimum atomic E-state index is -1.55. The van der Waals surface area contributed by atoms with E-state index in [0.717, 1.165) is 5.56 Å². The zero-order chi connectivity index (χ0) is 24.1. The second kappa shape index (κ2) is 9.95. The molecule has 1 amide bonds. The van der Waals surface area contributed by atoms with Gasteiger partial charge in [0, 0.05) is 17.3 Å². The number of aliphatic carboxylic acids is 1. The lowest BCUT2D eigenvalue weighted by Crippen LogP contribution is -2.37. The summed E-state index contributed by atoms with van der Waals surface area (Å²) in [5, 5.41) is 16.8. The van der Waals surface area contributed by atoms with E-state index in [1.807, 2.05) is 30.3 Å². The maximum Gasteiger partial charge on any atom is 0.394 e. The lowest BCUT2D eigenvalue weighted by Gasteiger charge is -2.28. The predicted octanol–water partition coefficient (Wildman–Crippen LogP) is 2.81. The van der Waals surface area contributed by atoms with Gasteiger partial charge in [0.2, 0.25) is 0 Å². The van der Waals surface area contributed by atoms with Gasteiger partial charge in [0.05, 0.1) is 6.54 Å². The van der Waals surface area contributed by atoms with Gasteiger partial charge in [-0.05, 0) is 42.0 Å². The Hall–Kier alpha value is -4.53. The van der Waals surface area contributed by atoms with Crippen LogP contribution in [0.5, 0.6) is 17.2 Å². The molecule has 4 N–H and O–H groups in total. The molecule has 1 heterocycles. The molecule has 9 heteroatoms. The van der Waals surface area contributed by atoms with Crippen molar-refractivity contribution in [1.29, 1.82) is 5.41 Å². The number of benzene rings is 3. The van der Waals surface area contributed by atoms with E-state index in [1.54, 1.807) is 42.5 Å². The fourth-order valence-corrected chi connectivity index (χ4v) is 3.44. The highest BCUT2D eigenvalue weighted by Gasteiger charge is 2.27. The number of rotatable bonds is 7. The monoisotopic (exact) mass is 461 g/mol. The minimum Gasteiger partial charge on any atom is -0.490 e. The molecule has 3 aromatic carbocycles. The molecular weight excluding hydrogens is 438 g/mol. The van der Waals surface area contributed by atoms with Crippen molar-refractivity contribution in [2.45, 2.75) is 12.6 Å². The fraction of sp³-hybridized carbons (Fsp3) is 0.160. The molecular formula is C25H23N3O6. The molecule has 0 fully saturated rings. The standard InChI is InChI=1S/C25H23N3O6/c26-23(27)17-6-9-19(10-7-17)32-14-20-15-33-21-11-8-18(12-22(21)34-20)28(24(29)25(30)31)13-16-4-2-1-3-5-16/h1-12,20H,13-15H2,(H3,26,27)(H,30,31)/t20-/m0/s1. The van der Waals surface area contributed by atoms with Crippen LogP contribution < -0.4 is 24.8 Å². The number of nitrogens with zero attached hydrogens (tertiary/aromatic N) is 1. The summed E-state index contributed by atoms with van der Waals surface area (Å²) in [5.74, 6) is -1.14. The van der Waals surface area contributed by atoms with Crippen molar-refractivity contribution < 1.29 is 28.9 Å². The van der Waals surface area contributed by atoms with E-state index in [1.165, 1.54) is 4.90 Å². The largest absolute Gasteiger partial charge is 0.490 e. The molecule has 4 rings (SSSR count). The number of nitrogens with one attached hydrogen (secondary N) is 1. The van der Waals surface area contributed by atoms with Gasteiger partial charge in [-0.3, -0.25) is 15.1 Å². The maximum absolute atomic E-state index is 12.4. The Morgan fingerprint density at radius 1 is 1.06 bits per heavy atom. The first-order valence-electron chi connectivity index (χ1n) is 10.5. The Morgan fingerprint density at radius 3 is 2.47 bits per heavy atom. The van der Waals surface area contributed by atoms with Gasteiger partial charge in [0.25, 0.3) is 0 Å². The molecule has 0 radical (unpaired) electrons. The van der Waals surface area contributed by atoms with Crippen LogP contribution in [0.2, 0.25) is 0 Å². The third kappa shape index (κ3) is 5.26. The number of hydrogen-bond acceptors (Lipinski definition) is 6. The van der Waals surface area contributed by atoms with Crippen LogP contribution in [0.1, 0.15) is 11.1 Å². The number of carboxylic acid groups (broad SMARTS) is 1. The van der Waals surface area contributed by atoms with Crippen LogP contribution in [0.3, 0.4) is 0 Å². The van der Waals surface area contributed by atoms with Crippen LogP contribution in [0, 0.1) is 5.41 Å². The van der Waals surface area contributed by atoms with E-state index in [4.69, 9.17) is 25.4 Å². The van der Waals surface area contributed by atoms with Gasteiger partial charge in [-0.2, -0.15) is 0 Å².